The van der Waals surface area contributed by atoms with Gasteiger partial charge in [-0.05, 0) is 62.0 Å². The summed E-state index contributed by atoms with van der Waals surface area (Å²) in [5, 5.41) is 6.30. The summed E-state index contributed by atoms with van der Waals surface area (Å²) in [6, 6.07) is 3.53. The number of benzene rings is 1. The summed E-state index contributed by atoms with van der Waals surface area (Å²) in [6.45, 7) is 4.05. The first kappa shape index (κ1) is 18.7. The second-order valence-electron chi connectivity index (χ2n) is 4.87. The number of halogens is 2. The highest BCUT2D eigenvalue weighted by atomic mass is 32.2. The van der Waals surface area contributed by atoms with Gasteiger partial charge in [-0.25, -0.2) is 8.78 Å². The van der Waals surface area contributed by atoms with E-state index in [-0.39, 0.29) is 5.82 Å². The Kier molecular flexibility index (Phi) is 9.62. The third-order valence-corrected chi connectivity index (χ3v) is 3.76. The quantitative estimate of drug-likeness (QED) is 0.415. The Balaban J connectivity index is 2.40. The molecule has 0 amide bonds. The molecule has 1 aromatic rings. The molecule has 0 heterocycles. The number of hydrogen-bond donors (Lipinski definition) is 2. The molecule has 0 aliphatic carbocycles. The molecule has 22 heavy (non-hydrogen) atoms. The zero-order valence-corrected chi connectivity index (χ0v) is 14.1. The number of nitrogens with one attached hydrogen (secondary N) is 2. The molecule has 0 aromatic heterocycles. The van der Waals surface area contributed by atoms with E-state index in [4.69, 9.17) is 0 Å². The summed E-state index contributed by atoms with van der Waals surface area (Å²) in [4.78, 5) is 4.47. The van der Waals surface area contributed by atoms with Crippen molar-refractivity contribution in [2.24, 2.45) is 4.99 Å². The monoisotopic (exact) mass is 329 g/mol. The van der Waals surface area contributed by atoms with Gasteiger partial charge in [0.1, 0.15) is 11.6 Å². The molecule has 6 heteroatoms. The highest BCUT2D eigenvalue weighted by Gasteiger charge is 2.04. The van der Waals surface area contributed by atoms with E-state index in [9.17, 15) is 8.78 Å². The van der Waals surface area contributed by atoms with E-state index in [0.717, 1.165) is 49.8 Å². The van der Waals surface area contributed by atoms with Crippen molar-refractivity contribution >= 4 is 17.7 Å². The molecular weight excluding hydrogens is 304 g/mol. The first-order valence-corrected chi connectivity index (χ1v) is 9.01. The van der Waals surface area contributed by atoms with E-state index < -0.39 is 5.82 Å². The number of hydrogen-bond acceptors (Lipinski definition) is 2. The fraction of sp³-hybridized carbons (Fsp3) is 0.562. The van der Waals surface area contributed by atoms with E-state index in [1.807, 2.05) is 18.7 Å². The van der Waals surface area contributed by atoms with Crippen molar-refractivity contribution in [3.8, 4) is 0 Å². The van der Waals surface area contributed by atoms with Crippen LogP contribution in [0.5, 0.6) is 0 Å². The number of unbranched alkanes of at least 4 members (excludes halogenated alkanes) is 1. The molecule has 1 rings (SSSR count). The summed E-state index contributed by atoms with van der Waals surface area (Å²) >= 11 is 1.84. The minimum absolute atomic E-state index is 0.373. The fourth-order valence-electron chi connectivity index (χ4n) is 1.94. The van der Waals surface area contributed by atoms with Crippen LogP contribution in [0.4, 0.5) is 8.78 Å². The van der Waals surface area contributed by atoms with Crippen LogP contribution in [-0.4, -0.2) is 37.6 Å². The molecular formula is C16H25F2N3S. The Labute approximate surface area is 136 Å². The number of aliphatic imine (C=N–C) groups is 1. The lowest BCUT2D eigenvalue weighted by Gasteiger charge is -2.11. The molecule has 2 N–H and O–H groups in total. The SMILES string of the molecule is CCNC(=NCCCCSC)NCCc1cc(F)ccc1F. The van der Waals surface area contributed by atoms with Crippen LogP contribution in [0.2, 0.25) is 0 Å². The molecule has 0 aliphatic rings. The van der Waals surface area contributed by atoms with Crippen LogP contribution in [0.25, 0.3) is 0 Å². The fourth-order valence-corrected chi connectivity index (χ4v) is 2.43. The second kappa shape index (κ2) is 11.3. The average molecular weight is 329 g/mol. The van der Waals surface area contributed by atoms with Gasteiger partial charge >= 0.3 is 0 Å². The third kappa shape index (κ3) is 7.64. The Bertz CT molecular complexity index is 467. The molecule has 3 nitrogen and oxygen atoms in total. The van der Waals surface area contributed by atoms with Gasteiger partial charge in [0.25, 0.3) is 0 Å². The highest BCUT2D eigenvalue weighted by molar-refractivity contribution is 7.98. The van der Waals surface area contributed by atoms with Gasteiger partial charge in [-0.3, -0.25) is 4.99 Å². The largest absolute Gasteiger partial charge is 0.357 e. The highest BCUT2D eigenvalue weighted by Crippen LogP contribution is 2.09. The number of nitrogens with zero attached hydrogens (tertiary/aromatic N) is 1. The number of rotatable bonds is 9. The van der Waals surface area contributed by atoms with Gasteiger partial charge in [-0.1, -0.05) is 0 Å². The molecule has 1 aromatic carbocycles. The van der Waals surface area contributed by atoms with Crippen LogP contribution in [-0.2, 0) is 6.42 Å². The van der Waals surface area contributed by atoms with Crippen LogP contribution in [0.3, 0.4) is 0 Å². The van der Waals surface area contributed by atoms with Gasteiger partial charge in [0.15, 0.2) is 5.96 Å². The first-order valence-electron chi connectivity index (χ1n) is 7.62. The lowest BCUT2D eigenvalue weighted by Crippen LogP contribution is -2.38. The Morgan fingerprint density at radius 1 is 1.23 bits per heavy atom. The van der Waals surface area contributed by atoms with Gasteiger partial charge in [0.05, 0.1) is 0 Å². The van der Waals surface area contributed by atoms with Crippen molar-refractivity contribution in [2.75, 3.05) is 31.6 Å². The van der Waals surface area contributed by atoms with Crippen LogP contribution in [0.1, 0.15) is 25.3 Å². The van der Waals surface area contributed by atoms with Gasteiger partial charge in [-0.2, -0.15) is 11.8 Å². The standard InChI is InChI=1S/C16H25F2N3S/c1-3-19-16(20-9-4-5-11-22-2)21-10-8-13-12-14(17)6-7-15(13)18/h6-7,12H,3-5,8-11H2,1-2H3,(H2,19,20,21). The normalized spacial score (nSPS) is 11.5. The maximum absolute atomic E-state index is 13.5. The van der Waals surface area contributed by atoms with Gasteiger partial charge in [0.2, 0.25) is 0 Å². The maximum atomic E-state index is 13.5. The Hall–Kier alpha value is -1.30. The van der Waals surface area contributed by atoms with Crippen molar-refractivity contribution in [3.05, 3.63) is 35.4 Å². The van der Waals surface area contributed by atoms with Crippen molar-refractivity contribution in [1.82, 2.24) is 10.6 Å². The zero-order chi connectivity index (χ0) is 16.2. The topological polar surface area (TPSA) is 36.4 Å². The Morgan fingerprint density at radius 2 is 2.05 bits per heavy atom. The second-order valence-corrected chi connectivity index (χ2v) is 5.86. The molecule has 0 bridgehead atoms. The van der Waals surface area contributed by atoms with E-state index in [0.29, 0.717) is 18.5 Å². The van der Waals surface area contributed by atoms with E-state index in [1.54, 1.807) is 0 Å². The molecule has 0 aliphatic heterocycles. The average Bonchev–Trinajstić information content (AvgIpc) is 2.50. The minimum atomic E-state index is -0.411. The smallest absolute Gasteiger partial charge is 0.191 e. The molecule has 0 fully saturated rings. The van der Waals surface area contributed by atoms with Crippen molar-refractivity contribution in [3.63, 3.8) is 0 Å². The minimum Gasteiger partial charge on any atom is -0.357 e. The summed E-state index contributed by atoms with van der Waals surface area (Å²) in [6.07, 6.45) is 4.72. The molecule has 0 saturated carbocycles. The summed E-state index contributed by atoms with van der Waals surface area (Å²) < 4.78 is 26.6. The lowest BCUT2D eigenvalue weighted by molar-refractivity contribution is 0.583. The molecule has 0 spiro atoms. The zero-order valence-electron chi connectivity index (χ0n) is 13.3. The predicted octanol–water partition coefficient (Wildman–Crippen LogP) is 3.21. The summed E-state index contributed by atoms with van der Waals surface area (Å²) in [7, 11) is 0. The Morgan fingerprint density at radius 3 is 2.77 bits per heavy atom. The molecule has 0 atom stereocenters. The van der Waals surface area contributed by atoms with Gasteiger partial charge < -0.3 is 10.6 Å². The van der Waals surface area contributed by atoms with Gasteiger partial charge in [0, 0.05) is 19.6 Å². The first-order chi connectivity index (χ1) is 10.7. The van der Waals surface area contributed by atoms with Crippen molar-refractivity contribution in [2.45, 2.75) is 26.2 Å². The third-order valence-electron chi connectivity index (χ3n) is 3.07. The number of guanidine groups is 1. The maximum Gasteiger partial charge on any atom is 0.191 e. The molecule has 0 unspecified atom stereocenters. The van der Waals surface area contributed by atoms with Crippen LogP contribution >= 0.6 is 11.8 Å². The van der Waals surface area contributed by atoms with E-state index in [2.05, 4.69) is 21.9 Å². The van der Waals surface area contributed by atoms with E-state index in [1.165, 1.54) is 6.07 Å². The molecule has 124 valence electrons. The number of thioether (sulfide) groups is 1. The molecule has 0 radical (unpaired) electrons. The van der Waals surface area contributed by atoms with Crippen molar-refractivity contribution in [1.29, 1.82) is 0 Å². The van der Waals surface area contributed by atoms with Crippen molar-refractivity contribution < 1.29 is 8.78 Å². The lowest BCUT2D eigenvalue weighted by atomic mass is 10.1. The van der Waals surface area contributed by atoms with Crippen LogP contribution in [0, 0.1) is 11.6 Å². The van der Waals surface area contributed by atoms with Crippen LogP contribution < -0.4 is 10.6 Å². The van der Waals surface area contributed by atoms with Gasteiger partial charge in [-0.15, -0.1) is 0 Å². The summed E-state index contributed by atoms with van der Waals surface area (Å²) in [5.41, 5.74) is 0.378. The van der Waals surface area contributed by atoms with E-state index >= 15 is 0 Å². The summed E-state index contributed by atoms with van der Waals surface area (Å²) in [5.74, 6) is 1.09. The molecule has 0 saturated heterocycles. The predicted molar refractivity (Wildman–Crippen MR) is 91.7 cm³/mol. The van der Waals surface area contributed by atoms with Crippen LogP contribution in [0.15, 0.2) is 23.2 Å².